The number of amides is 2. The molecule has 2 heterocycles. The second-order valence-corrected chi connectivity index (χ2v) is 6.45. The molecule has 2 amide bonds. The van der Waals surface area contributed by atoms with Gasteiger partial charge in [-0.25, -0.2) is 0 Å². The van der Waals surface area contributed by atoms with Crippen molar-refractivity contribution in [2.24, 2.45) is 5.73 Å². The van der Waals surface area contributed by atoms with E-state index in [-0.39, 0.29) is 29.6 Å². The first kappa shape index (κ1) is 17.1. The van der Waals surface area contributed by atoms with Gasteiger partial charge in [0.05, 0.1) is 15.6 Å². The molecule has 0 radical (unpaired) electrons. The quantitative estimate of drug-likeness (QED) is 0.793. The highest BCUT2D eigenvalue weighted by Gasteiger charge is 2.27. The highest BCUT2D eigenvalue weighted by molar-refractivity contribution is 8.18. The molecular formula is C14H15Cl2N3O2S. The predicted octanol–water partition coefficient (Wildman–Crippen LogP) is 2.62. The Morgan fingerprint density at radius 2 is 2.18 bits per heavy atom. The molecule has 2 aliphatic heterocycles. The number of imide groups is 1. The van der Waals surface area contributed by atoms with Gasteiger partial charge >= 0.3 is 0 Å². The zero-order valence-corrected chi connectivity index (χ0v) is 13.9. The molecule has 2 fully saturated rings. The van der Waals surface area contributed by atoms with Crippen LogP contribution in [-0.4, -0.2) is 30.3 Å². The summed E-state index contributed by atoms with van der Waals surface area (Å²) in [6, 6.07) is 5.66. The van der Waals surface area contributed by atoms with E-state index in [0.29, 0.717) is 9.93 Å². The van der Waals surface area contributed by atoms with Crippen LogP contribution in [0.5, 0.6) is 0 Å². The van der Waals surface area contributed by atoms with Gasteiger partial charge in [-0.3, -0.25) is 14.9 Å². The monoisotopic (exact) mass is 359 g/mol. The second-order valence-electron chi connectivity index (χ2n) is 5.02. The number of nitrogens with zero attached hydrogens (tertiary/aromatic N) is 1. The molecule has 1 atom stereocenters. The first-order valence-electron chi connectivity index (χ1n) is 6.58. The molecule has 0 spiro atoms. The fourth-order valence-corrected chi connectivity index (χ4v) is 3.51. The summed E-state index contributed by atoms with van der Waals surface area (Å²) in [5, 5.41) is 2.52. The number of hydrogen-bond donors (Lipinski definition) is 2. The van der Waals surface area contributed by atoms with E-state index < -0.39 is 0 Å². The maximum atomic E-state index is 11.7. The van der Waals surface area contributed by atoms with E-state index in [1.807, 2.05) is 18.2 Å². The number of carbonyl (C=O) groups is 2. The SMILES string of the molecule is Cl.N[C@H]1CCN(c2c(Cl)cccc2/C=C2\SC(=O)NC2=O)C1. The van der Waals surface area contributed by atoms with Crippen molar-refractivity contribution in [2.75, 3.05) is 18.0 Å². The van der Waals surface area contributed by atoms with Gasteiger partial charge in [-0.2, -0.15) is 0 Å². The molecule has 3 N–H and O–H groups in total. The van der Waals surface area contributed by atoms with Crippen molar-refractivity contribution in [3.05, 3.63) is 33.7 Å². The van der Waals surface area contributed by atoms with Gasteiger partial charge in [0.15, 0.2) is 0 Å². The van der Waals surface area contributed by atoms with E-state index in [1.165, 1.54) is 0 Å². The van der Waals surface area contributed by atoms with Gasteiger partial charge in [-0.15, -0.1) is 12.4 Å². The van der Waals surface area contributed by atoms with Gasteiger partial charge in [0.1, 0.15) is 0 Å². The first-order chi connectivity index (χ1) is 10.0. The molecule has 1 aromatic rings. The molecule has 118 valence electrons. The highest BCUT2D eigenvalue weighted by Crippen LogP contribution is 2.35. The lowest BCUT2D eigenvalue weighted by atomic mass is 10.1. The zero-order valence-electron chi connectivity index (χ0n) is 11.5. The smallest absolute Gasteiger partial charge is 0.290 e. The average Bonchev–Trinajstić information content (AvgIpc) is 2.96. The van der Waals surface area contributed by atoms with Gasteiger partial charge in [-0.05, 0) is 30.3 Å². The maximum Gasteiger partial charge on any atom is 0.290 e. The van der Waals surface area contributed by atoms with Crippen molar-refractivity contribution in [1.29, 1.82) is 0 Å². The van der Waals surface area contributed by atoms with Crippen LogP contribution in [-0.2, 0) is 4.79 Å². The van der Waals surface area contributed by atoms with E-state index >= 15 is 0 Å². The lowest BCUT2D eigenvalue weighted by molar-refractivity contribution is -0.115. The van der Waals surface area contributed by atoms with Crippen molar-refractivity contribution in [3.63, 3.8) is 0 Å². The van der Waals surface area contributed by atoms with Crippen molar-refractivity contribution in [3.8, 4) is 0 Å². The summed E-state index contributed by atoms with van der Waals surface area (Å²) < 4.78 is 0. The fourth-order valence-electron chi connectivity index (χ4n) is 2.53. The third kappa shape index (κ3) is 3.41. The zero-order chi connectivity index (χ0) is 15.0. The van der Waals surface area contributed by atoms with E-state index in [1.54, 1.807) is 6.08 Å². The number of benzene rings is 1. The van der Waals surface area contributed by atoms with Gasteiger partial charge < -0.3 is 10.6 Å². The van der Waals surface area contributed by atoms with Gasteiger partial charge in [0.2, 0.25) is 0 Å². The Morgan fingerprint density at radius 3 is 2.77 bits per heavy atom. The van der Waals surface area contributed by atoms with E-state index in [2.05, 4.69) is 10.2 Å². The van der Waals surface area contributed by atoms with Gasteiger partial charge in [0, 0.05) is 24.7 Å². The molecule has 0 bridgehead atoms. The second kappa shape index (κ2) is 6.91. The number of halogens is 2. The number of para-hydroxylation sites is 1. The average molecular weight is 360 g/mol. The number of hydrogen-bond acceptors (Lipinski definition) is 5. The van der Waals surface area contributed by atoms with E-state index in [9.17, 15) is 9.59 Å². The maximum absolute atomic E-state index is 11.7. The molecular weight excluding hydrogens is 345 g/mol. The summed E-state index contributed by atoms with van der Waals surface area (Å²) in [6.45, 7) is 1.57. The standard InChI is InChI=1S/C14H14ClN3O2S.ClH/c15-10-3-1-2-8(6-11-13(19)17-14(20)21-11)12(10)18-5-4-9(16)7-18;/h1-3,6,9H,4-5,7,16H2,(H,17,19,20);1H/b11-6-;/t9-;/m0./s1. The van der Waals surface area contributed by atoms with Crippen LogP contribution in [0.2, 0.25) is 5.02 Å². The summed E-state index contributed by atoms with van der Waals surface area (Å²) in [5.41, 5.74) is 7.64. The minimum Gasteiger partial charge on any atom is -0.368 e. The van der Waals surface area contributed by atoms with Crippen molar-refractivity contribution in [2.45, 2.75) is 12.5 Å². The minimum atomic E-state index is -0.367. The summed E-state index contributed by atoms with van der Waals surface area (Å²) in [5.74, 6) is -0.367. The molecule has 0 aliphatic carbocycles. The molecule has 0 unspecified atom stereocenters. The Hall–Kier alpha value is -1.21. The largest absolute Gasteiger partial charge is 0.368 e. The molecule has 0 aromatic heterocycles. The Kier molecular flexibility index (Phi) is 5.39. The Bertz CT molecular complexity index is 651. The molecule has 3 rings (SSSR count). The number of thioether (sulfide) groups is 1. The Labute approximate surface area is 143 Å². The number of nitrogens with two attached hydrogens (primary N) is 1. The van der Waals surface area contributed by atoms with Crippen LogP contribution in [0.4, 0.5) is 10.5 Å². The summed E-state index contributed by atoms with van der Waals surface area (Å²) in [4.78, 5) is 25.4. The van der Waals surface area contributed by atoms with Crippen molar-refractivity contribution >= 4 is 58.7 Å². The number of rotatable bonds is 2. The van der Waals surface area contributed by atoms with Crippen molar-refractivity contribution in [1.82, 2.24) is 5.32 Å². The highest BCUT2D eigenvalue weighted by atomic mass is 35.5. The molecule has 0 saturated carbocycles. The van der Waals surface area contributed by atoms with Crippen LogP contribution in [0.25, 0.3) is 6.08 Å². The molecule has 2 saturated heterocycles. The van der Waals surface area contributed by atoms with E-state index in [0.717, 1.165) is 42.5 Å². The lowest BCUT2D eigenvalue weighted by Gasteiger charge is -2.22. The van der Waals surface area contributed by atoms with Crippen LogP contribution in [0.3, 0.4) is 0 Å². The van der Waals surface area contributed by atoms with Gasteiger partial charge in [-0.1, -0.05) is 23.7 Å². The summed E-state index contributed by atoms with van der Waals surface area (Å²) in [6.07, 6.45) is 2.62. The van der Waals surface area contributed by atoms with Crippen LogP contribution in [0.15, 0.2) is 23.1 Å². The summed E-state index contributed by atoms with van der Waals surface area (Å²) in [7, 11) is 0. The lowest BCUT2D eigenvalue weighted by Crippen LogP contribution is -2.27. The number of carbonyl (C=O) groups excluding carboxylic acids is 2. The number of nitrogens with one attached hydrogen (secondary N) is 1. The van der Waals surface area contributed by atoms with E-state index in [4.69, 9.17) is 17.3 Å². The molecule has 5 nitrogen and oxygen atoms in total. The summed E-state index contributed by atoms with van der Waals surface area (Å²) >= 11 is 7.22. The molecule has 2 aliphatic rings. The Morgan fingerprint density at radius 1 is 1.41 bits per heavy atom. The minimum absolute atomic E-state index is 0. The van der Waals surface area contributed by atoms with Gasteiger partial charge in [0.25, 0.3) is 11.1 Å². The van der Waals surface area contributed by atoms with Crippen molar-refractivity contribution < 1.29 is 9.59 Å². The topological polar surface area (TPSA) is 75.4 Å². The van der Waals surface area contributed by atoms with Crippen LogP contribution >= 0.6 is 35.8 Å². The molecule has 8 heteroatoms. The third-order valence-corrected chi connectivity index (χ3v) is 4.60. The fraction of sp³-hybridized carbons (Fsp3) is 0.286. The predicted molar refractivity (Wildman–Crippen MR) is 92.6 cm³/mol. The van der Waals surface area contributed by atoms with Crippen LogP contribution in [0, 0.1) is 0 Å². The molecule has 1 aromatic carbocycles. The number of anilines is 1. The Balaban J connectivity index is 0.00000176. The normalized spacial score (nSPS) is 22.9. The van der Waals surface area contributed by atoms with Crippen LogP contribution in [0.1, 0.15) is 12.0 Å². The molecule has 22 heavy (non-hydrogen) atoms. The third-order valence-electron chi connectivity index (χ3n) is 3.49. The van der Waals surface area contributed by atoms with Crippen LogP contribution < -0.4 is 16.0 Å². The first-order valence-corrected chi connectivity index (χ1v) is 7.78.